The fraction of sp³-hybridized carbons (Fsp3) is 0.182. The van der Waals surface area contributed by atoms with E-state index < -0.39 is 5.97 Å². The van der Waals surface area contributed by atoms with Gasteiger partial charge in [0.15, 0.2) is 0 Å². The van der Waals surface area contributed by atoms with Gasteiger partial charge in [-0.25, -0.2) is 4.79 Å². The zero-order valence-corrected chi connectivity index (χ0v) is 10.4. The summed E-state index contributed by atoms with van der Waals surface area (Å²) in [4.78, 5) is 23.0. The number of aromatic nitrogens is 2. The molecule has 0 bridgehead atoms. The van der Waals surface area contributed by atoms with Gasteiger partial charge in [-0.3, -0.25) is 9.89 Å². The summed E-state index contributed by atoms with van der Waals surface area (Å²) in [5.41, 5.74) is 1.80. The van der Waals surface area contributed by atoms with Crippen molar-refractivity contribution in [1.29, 1.82) is 0 Å². The van der Waals surface area contributed by atoms with Gasteiger partial charge in [-0.15, -0.1) is 11.3 Å². The van der Waals surface area contributed by atoms with E-state index in [9.17, 15) is 9.59 Å². The van der Waals surface area contributed by atoms with Crippen molar-refractivity contribution < 1.29 is 14.7 Å². The van der Waals surface area contributed by atoms with Crippen LogP contribution in [0.15, 0.2) is 18.3 Å². The molecule has 0 saturated heterocycles. The molecule has 0 radical (unpaired) electrons. The van der Waals surface area contributed by atoms with Crippen LogP contribution in [-0.4, -0.2) is 27.2 Å². The molecule has 0 saturated carbocycles. The van der Waals surface area contributed by atoms with E-state index in [1.165, 1.54) is 12.1 Å². The Labute approximate surface area is 107 Å². The van der Waals surface area contributed by atoms with Crippen molar-refractivity contribution in [3.8, 4) is 0 Å². The number of hydrogen-bond acceptors (Lipinski definition) is 4. The Hall–Kier alpha value is -2.15. The first-order valence-corrected chi connectivity index (χ1v) is 5.99. The number of thiophene rings is 1. The van der Waals surface area contributed by atoms with Crippen molar-refractivity contribution in [3.63, 3.8) is 0 Å². The third-order valence-corrected chi connectivity index (χ3v) is 3.49. The second-order valence-electron chi connectivity index (χ2n) is 3.67. The maximum absolute atomic E-state index is 11.8. The number of amides is 1. The normalized spacial score (nSPS) is 10.3. The van der Waals surface area contributed by atoms with Gasteiger partial charge in [-0.05, 0) is 19.1 Å². The molecule has 94 valence electrons. The minimum atomic E-state index is -1.02. The average Bonchev–Trinajstić information content (AvgIpc) is 2.94. The van der Waals surface area contributed by atoms with Gasteiger partial charge in [-0.2, -0.15) is 5.10 Å². The highest BCUT2D eigenvalue weighted by molar-refractivity contribution is 7.15. The van der Waals surface area contributed by atoms with E-state index in [4.69, 9.17) is 5.11 Å². The quantitative estimate of drug-likeness (QED) is 0.778. The van der Waals surface area contributed by atoms with E-state index in [1.54, 1.807) is 6.20 Å². The summed E-state index contributed by atoms with van der Waals surface area (Å²) < 4.78 is 0. The Bertz CT molecular complexity index is 588. The molecule has 0 spiro atoms. The van der Waals surface area contributed by atoms with E-state index in [1.807, 2.05) is 6.92 Å². The second-order valence-corrected chi connectivity index (χ2v) is 4.76. The van der Waals surface area contributed by atoms with Crippen LogP contribution < -0.4 is 5.32 Å². The van der Waals surface area contributed by atoms with E-state index in [2.05, 4.69) is 15.5 Å². The van der Waals surface area contributed by atoms with Crippen LogP contribution in [0.3, 0.4) is 0 Å². The average molecular weight is 265 g/mol. The highest BCUT2D eigenvalue weighted by Gasteiger charge is 2.13. The fourth-order valence-electron chi connectivity index (χ4n) is 1.39. The van der Waals surface area contributed by atoms with Gasteiger partial charge in [0.25, 0.3) is 5.91 Å². The maximum Gasteiger partial charge on any atom is 0.345 e. The summed E-state index contributed by atoms with van der Waals surface area (Å²) in [7, 11) is 0. The lowest BCUT2D eigenvalue weighted by molar-refractivity contribution is 0.0702. The number of rotatable bonds is 4. The molecule has 7 heteroatoms. The molecule has 3 N–H and O–H groups in total. The van der Waals surface area contributed by atoms with E-state index in [0.29, 0.717) is 11.4 Å². The minimum Gasteiger partial charge on any atom is -0.477 e. The Balaban J connectivity index is 1.99. The fourth-order valence-corrected chi connectivity index (χ4v) is 2.15. The predicted molar refractivity (Wildman–Crippen MR) is 65.8 cm³/mol. The van der Waals surface area contributed by atoms with Gasteiger partial charge >= 0.3 is 5.97 Å². The summed E-state index contributed by atoms with van der Waals surface area (Å²) in [5.74, 6) is -1.31. The van der Waals surface area contributed by atoms with E-state index >= 15 is 0 Å². The third kappa shape index (κ3) is 2.57. The van der Waals surface area contributed by atoms with E-state index in [-0.39, 0.29) is 10.8 Å². The van der Waals surface area contributed by atoms with Crippen molar-refractivity contribution >= 4 is 23.2 Å². The lowest BCUT2D eigenvalue weighted by atomic mass is 10.2. The van der Waals surface area contributed by atoms with Crippen LogP contribution in [0.1, 0.15) is 30.6 Å². The van der Waals surface area contributed by atoms with Gasteiger partial charge in [0.05, 0.1) is 11.1 Å². The molecule has 0 atom stereocenters. The SMILES string of the molecule is Cc1[nH]ncc1CNC(=O)c1ccc(C(=O)O)s1. The second kappa shape index (κ2) is 5.01. The van der Waals surface area contributed by atoms with Crippen LogP contribution in [0.5, 0.6) is 0 Å². The molecule has 2 rings (SSSR count). The molecular weight excluding hydrogens is 254 g/mol. The monoisotopic (exact) mass is 265 g/mol. The number of nitrogens with one attached hydrogen (secondary N) is 2. The molecule has 0 aromatic carbocycles. The van der Waals surface area contributed by atoms with Crippen molar-refractivity contribution in [2.24, 2.45) is 0 Å². The molecule has 2 heterocycles. The number of aromatic amines is 1. The maximum atomic E-state index is 11.8. The number of hydrogen-bond donors (Lipinski definition) is 3. The molecule has 1 amide bonds. The van der Waals surface area contributed by atoms with Gasteiger partial charge in [-0.1, -0.05) is 0 Å². The predicted octanol–water partition coefficient (Wildman–Crippen LogP) is 1.41. The van der Waals surface area contributed by atoms with Crippen LogP contribution in [0.2, 0.25) is 0 Å². The van der Waals surface area contributed by atoms with Crippen LogP contribution in [-0.2, 0) is 6.54 Å². The third-order valence-electron chi connectivity index (χ3n) is 2.41. The summed E-state index contributed by atoms with van der Waals surface area (Å²) >= 11 is 0.955. The standard InChI is InChI=1S/C11H11N3O3S/c1-6-7(5-13-14-6)4-12-10(15)8-2-3-9(18-8)11(16)17/h2-3,5H,4H2,1H3,(H,12,15)(H,13,14)(H,16,17). The summed E-state index contributed by atoms with van der Waals surface area (Å²) in [6.07, 6.45) is 1.65. The molecule has 0 aliphatic carbocycles. The molecule has 0 unspecified atom stereocenters. The number of nitrogens with zero attached hydrogens (tertiary/aromatic N) is 1. The lowest BCUT2D eigenvalue weighted by Gasteiger charge is -2.01. The zero-order valence-electron chi connectivity index (χ0n) is 9.56. The number of H-pyrrole nitrogens is 1. The number of aryl methyl sites for hydroxylation is 1. The van der Waals surface area contributed by atoms with Crippen molar-refractivity contribution in [2.75, 3.05) is 0 Å². The molecule has 18 heavy (non-hydrogen) atoms. The molecular formula is C11H11N3O3S. The van der Waals surface area contributed by atoms with Crippen molar-refractivity contribution in [2.45, 2.75) is 13.5 Å². The Kier molecular flexibility index (Phi) is 3.42. The molecule has 0 aliphatic heterocycles. The summed E-state index contributed by atoms with van der Waals surface area (Å²) in [5, 5.41) is 18.1. The Morgan fingerprint density at radius 2 is 2.17 bits per heavy atom. The first-order chi connectivity index (χ1) is 8.58. The highest BCUT2D eigenvalue weighted by Crippen LogP contribution is 2.16. The minimum absolute atomic E-state index is 0.152. The zero-order chi connectivity index (χ0) is 13.1. The van der Waals surface area contributed by atoms with Crippen LogP contribution >= 0.6 is 11.3 Å². The molecule has 2 aromatic rings. The van der Waals surface area contributed by atoms with Crippen LogP contribution in [0, 0.1) is 6.92 Å². The lowest BCUT2D eigenvalue weighted by Crippen LogP contribution is -2.21. The van der Waals surface area contributed by atoms with E-state index in [0.717, 1.165) is 22.6 Å². The number of carboxylic acids is 1. The first kappa shape index (κ1) is 12.3. The van der Waals surface area contributed by atoms with Crippen molar-refractivity contribution in [1.82, 2.24) is 15.5 Å². The molecule has 0 fully saturated rings. The van der Waals surface area contributed by atoms with Gasteiger partial charge < -0.3 is 10.4 Å². The van der Waals surface area contributed by atoms with Gasteiger partial charge in [0.2, 0.25) is 0 Å². The van der Waals surface area contributed by atoms with Gasteiger partial charge in [0, 0.05) is 17.8 Å². The number of carbonyl (C=O) groups is 2. The van der Waals surface area contributed by atoms with Crippen molar-refractivity contribution in [3.05, 3.63) is 39.3 Å². The van der Waals surface area contributed by atoms with Crippen LogP contribution in [0.4, 0.5) is 0 Å². The summed E-state index contributed by atoms with van der Waals surface area (Å²) in [6.45, 7) is 2.23. The Morgan fingerprint density at radius 1 is 1.44 bits per heavy atom. The smallest absolute Gasteiger partial charge is 0.345 e. The summed E-state index contributed by atoms with van der Waals surface area (Å²) in [6, 6.07) is 2.93. The number of carbonyl (C=O) groups excluding carboxylic acids is 1. The first-order valence-electron chi connectivity index (χ1n) is 5.18. The molecule has 2 aromatic heterocycles. The topological polar surface area (TPSA) is 95.1 Å². The Morgan fingerprint density at radius 3 is 2.72 bits per heavy atom. The molecule has 0 aliphatic rings. The number of carboxylic acid groups (broad SMARTS) is 1. The van der Waals surface area contributed by atoms with Gasteiger partial charge in [0.1, 0.15) is 4.88 Å². The number of aromatic carboxylic acids is 1. The molecule has 6 nitrogen and oxygen atoms in total. The highest BCUT2D eigenvalue weighted by atomic mass is 32.1. The largest absolute Gasteiger partial charge is 0.477 e. The van der Waals surface area contributed by atoms with Crippen LogP contribution in [0.25, 0.3) is 0 Å².